The third-order valence-electron chi connectivity index (χ3n) is 3.12. The first-order valence-electron chi connectivity index (χ1n) is 6.54. The lowest BCUT2D eigenvalue weighted by atomic mass is 10.1. The van der Waals surface area contributed by atoms with E-state index in [1.165, 1.54) is 29.4 Å². The second kappa shape index (κ2) is 6.22. The third kappa shape index (κ3) is 3.05. The second-order valence-electron chi connectivity index (χ2n) is 4.64. The lowest BCUT2D eigenvalue weighted by Crippen LogP contribution is -2.32. The number of carbonyl (C=O) groups is 2. The van der Waals surface area contributed by atoms with Crippen molar-refractivity contribution < 1.29 is 18.7 Å². The van der Waals surface area contributed by atoms with Gasteiger partial charge in [0.25, 0.3) is 5.91 Å². The lowest BCUT2D eigenvalue weighted by molar-refractivity contribution is -0.143. The number of nitrogens with zero attached hydrogens (tertiary/aromatic N) is 1. The summed E-state index contributed by atoms with van der Waals surface area (Å²) < 4.78 is 19.4. The highest BCUT2D eigenvalue weighted by Crippen LogP contribution is 2.33. The number of likely N-dealkylation sites (N-methyl/N-ethyl adjacent to an activating group) is 1. The van der Waals surface area contributed by atoms with Gasteiger partial charge in [0, 0.05) is 17.1 Å². The van der Waals surface area contributed by atoms with Crippen molar-refractivity contribution in [3.8, 4) is 0 Å². The van der Waals surface area contributed by atoms with Crippen molar-refractivity contribution in [2.45, 2.75) is 13.8 Å². The highest BCUT2D eigenvalue weighted by Gasteiger charge is 2.22. The molecule has 0 aliphatic carbocycles. The van der Waals surface area contributed by atoms with E-state index in [-0.39, 0.29) is 24.9 Å². The van der Waals surface area contributed by atoms with Crippen molar-refractivity contribution in [3.63, 3.8) is 0 Å². The Morgan fingerprint density at radius 1 is 1.38 bits per heavy atom. The molecule has 4 nitrogen and oxygen atoms in total. The highest BCUT2D eigenvalue weighted by atomic mass is 32.1. The molecule has 112 valence electrons. The van der Waals surface area contributed by atoms with Crippen LogP contribution in [0, 0.1) is 12.7 Å². The summed E-state index contributed by atoms with van der Waals surface area (Å²) in [6.07, 6.45) is 0. The maximum Gasteiger partial charge on any atom is 0.325 e. The predicted octanol–water partition coefficient (Wildman–Crippen LogP) is 2.98. The van der Waals surface area contributed by atoms with Crippen molar-refractivity contribution in [1.29, 1.82) is 0 Å². The van der Waals surface area contributed by atoms with Crippen molar-refractivity contribution >= 4 is 33.3 Å². The summed E-state index contributed by atoms with van der Waals surface area (Å²) in [7, 11) is 1.53. The second-order valence-corrected chi connectivity index (χ2v) is 5.69. The van der Waals surface area contributed by atoms with Crippen molar-refractivity contribution in [3.05, 3.63) is 34.5 Å². The molecule has 0 unspecified atom stereocenters. The van der Waals surface area contributed by atoms with E-state index in [9.17, 15) is 14.0 Å². The molecule has 2 rings (SSSR count). The van der Waals surface area contributed by atoms with Gasteiger partial charge in [-0.15, -0.1) is 11.3 Å². The number of amides is 1. The van der Waals surface area contributed by atoms with Crippen LogP contribution in [-0.4, -0.2) is 37.0 Å². The van der Waals surface area contributed by atoms with Gasteiger partial charge in [0.1, 0.15) is 12.4 Å². The molecule has 1 heterocycles. The number of rotatable bonds is 4. The number of benzene rings is 1. The number of halogens is 1. The van der Waals surface area contributed by atoms with Gasteiger partial charge in [0.15, 0.2) is 0 Å². The molecule has 0 saturated carbocycles. The van der Waals surface area contributed by atoms with Crippen LogP contribution in [0.15, 0.2) is 18.2 Å². The molecule has 0 radical (unpaired) electrons. The number of aryl methyl sites for hydroxylation is 1. The van der Waals surface area contributed by atoms with Crippen LogP contribution in [0.1, 0.15) is 22.2 Å². The average molecular weight is 309 g/mol. The summed E-state index contributed by atoms with van der Waals surface area (Å²) in [4.78, 5) is 25.6. The summed E-state index contributed by atoms with van der Waals surface area (Å²) in [5.74, 6) is -1.10. The largest absolute Gasteiger partial charge is 0.465 e. The van der Waals surface area contributed by atoms with E-state index in [4.69, 9.17) is 4.74 Å². The molecule has 21 heavy (non-hydrogen) atoms. The van der Waals surface area contributed by atoms with E-state index in [0.717, 1.165) is 4.70 Å². The van der Waals surface area contributed by atoms with Gasteiger partial charge >= 0.3 is 5.97 Å². The number of ether oxygens (including phenoxy) is 1. The summed E-state index contributed by atoms with van der Waals surface area (Å²) in [5, 5.41) is 0.468. The molecule has 0 atom stereocenters. The van der Waals surface area contributed by atoms with E-state index in [1.807, 2.05) is 0 Å². The van der Waals surface area contributed by atoms with Gasteiger partial charge in [-0.3, -0.25) is 9.59 Å². The molecular formula is C15H16FNO3S. The van der Waals surface area contributed by atoms with E-state index >= 15 is 0 Å². The number of fused-ring (bicyclic) bond motifs is 1. The Bertz CT molecular complexity index is 696. The number of esters is 1. The van der Waals surface area contributed by atoms with Crippen LogP contribution in [0.3, 0.4) is 0 Å². The Balaban J connectivity index is 2.29. The molecule has 0 aliphatic rings. The molecule has 0 spiro atoms. The molecule has 0 N–H and O–H groups in total. The fourth-order valence-electron chi connectivity index (χ4n) is 2.10. The zero-order valence-corrected chi connectivity index (χ0v) is 12.9. The number of carbonyl (C=O) groups excluding carboxylic acids is 2. The Kier molecular flexibility index (Phi) is 4.57. The zero-order chi connectivity index (χ0) is 15.6. The SMILES string of the molecule is CCOC(=O)CN(C)C(=O)c1sc2cccc(F)c2c1C. The normalized spacial score (nSPS) is 10.7. The molecule has 0 saturated heterocycles. The molecule has 1 aromatic carbocycles. The van der Waals surface area contributed by atoms with Crippen LogP contribution in [0.2, 0.25) is 0 Å². The van der Waals surface area contributed by atoms with Crippen LogP contribution in [0.4, 0.5) is 4.39 Å². The van der Waals surface area contributed by atoms with E-state index < -0.39 is 5.97 Å². The average Bonchev–Trinajstić information content (AvgIpc) is 2.76. The van der Waals surface area contributed by atoms with Gasteiger partial charge in [-0.05, 0) is 31.5 Å². The summed E-state index contributed by atoms with van der Waals surface area (Å²) in [5.41, 5.74) is 0.605. The highest BCUT2D eigenvalue weighted by molar-refractivity contribution is 7.21. The molecule has 0 fully saturated rings. The molecule has 1 amide bonds. The van der Waals surface area contributed by atoms with Gasteiger partial charge in [-0.25, -0.2) is 4.39 Å². The van der Waals surface area contributed by atoms with Crippen LogP contribution in [0.5, 0.6) is 0 Å². The number of thiophene rings is 1. The minimum absolute atomic E-state index is 0.122. The van der Waals surface area contributed by atoms with Crippen molar-refractivity contribution in [2.24, 2.45) is 0 Å². The Hall–Kier alpha value is -1.95. The number of hydrogen-bond acceptors (Lipinski definition) is 4. The topological polar surface area (TPSA) is 46.6 Å². The first-order chi connectivity index (χ1) is 9.95. The summed E-state index contributed by atoms with van der Waals surface area (Å²) in [6, 6.07) is 4.76. The maximum absolute atomic E-state index is 13.8. The Morgan fingerprint density at radius 2 is 2.10 bits per heavy atom. The van der Waals surface area contributed by atoms with Crippen LogP contribution in [0.25, 0.3) is 10.1 Å². The molecular weight excluding hydrogens is 293 g/mol. The van der Waals surface area contributed by atoms with E-state index in [0.29, 0.717) is 15.8 Å². The van der Waals surface area contributed by atoms with Gasteiger partial charge in [-0.2, -0.15) is 0 Å². The third-order valence-corrected chi connectivity index (χ3v) is 4.36. The van der Waals surface area contributed by atoms with Gasteiger partial charge < -0.3 is 9.64 Å². The van der Waals surface area contributed by atoms with Crippen LogP contribution in [-0.2, 0) is 9.53 Å². The maximum atomic E-state index is 13.8. The van der Waals surface area contributed by atoms with E-state index in [1.54, 1.807) is 26.0 Å². The Morgan fingerprint density at radius 3 is 2.71 bits per heavy atom. The smallest absolute Gasteiger partial charge is 0.325 e. The van der Waals surface area contributed by atoms with Crippen molar-refractivity contribution in [1.82, 2.24) is 4.90 Å². The van der Waals surface area contributed by atoms with Crippen LogP contribution >= 0.6 is 11.3 Å². The molecule has 1 aromatic heterocycles. The minimum Gasteiger partial charge on any atom is -0.465 e. The summed E-state index contributed by atoms with van der Waals surface area (Å²) >= 11 is 1.23. The van der Waals surface area contributed by atoms with Crippen molar-refractivity contribution in [2.75, 3.05) is 20.2 Å². The molecule has 6 heteroatoms. The molecule has 0 bridgehead atoms. The standard InChI is InChI=1S/C15H16FNO3S/c1-4-20-12(18)8-17(3)15(19)14-9(2)13-10(16)6-5-7-11(13)21-14/h5-7H,4,8H2,1-3H3. The first-order valence-corrected chi connectivity index (χ1v) is 7.36. The fraction of sp³-hybridized carbons (Fsp3) is 0.333. The quantitative estimate of drug-likeness (QED) is 0.816. The zero-order valence-electron chi connectivity index (χ0n) is 12.1. The van der Waals surface area contributed by atoms with Gasteiger partial charge in [0.2, 0.25) is 0 Å². The Labute approximate surface area is 126 Å². The number of hydrogen-bond donors (Lipinski definition) is 0. The van der Waals surface area contributed by atoms with Gasteiger partial charge in [0.05, 0.1) is 11.5 Å². The predicted molar refractivity (Wildman–Crippen MR) is 80.1 cm³/mol. The monoisotopic (exact) mass is 309 g/mol. The fourth-order valence-corrected chi connectivity index (χ4v) is 3.32. The van der Waals surface area contributed by atoms with Crippen LogP contribution < -0.4 is 0 Å². The van der Waals surface area contributed by atoms with E-state index in [2.05, 4.69) is 0 Å². The summed E-state index contributed by atoms with van der Waals surface area (Å²) in [6.45, 7) is 3.57. The first kappa shape index (κ1) is 15.4. The molecule has 0 aliphatic heterocycles. The minimum atomic E-state index is -0.460. The lowest BCUT2D eigenvalue weighted by Gasteiger charge is -2.15. The molecule has 2 aromatic rings. The van der Waals surface area contributed by atoms with Gasteiger partial charge in [-0.1, -0.05) is 6.07 Å².